The van der Waals surface area contributed by atoms with Crippen LogP contribution in [0.25, 0.3) is 0 Å². The van der Waals surface area contributed by atoms with Gasteiger partial charge in [0.1, 0.15) is 5.75 Å². The van der Waals surface area contributed by atoms with Crippen LogP contribution in [0.3, 0.4) is 0 Å². The maximum atomic E-state index is 8.77. The zero-order chi connectivity index (χ0) is 12.1. The molecule has 0 saturated heterocycles. The van der Waals surface area contributed by atoms with E-state index >= 15 is 0 Å². The van der Waals surface area contributed by atoms with Crippen LogP contribution >= 0.6 is 0 Å². The van der Waals surface area contributed by atoms with Crippen LogP contribution in [0.2, 0.25) is 0 Å². The largest absolute Gasteiger partial charge is 0.496 e. The van der Waals surface area contributed by atoms with Crippen LogP contribution in [-0.4, -0.2) is 7.11 Å². The van der Waals surface area contributed by atoms with Crippen molar-refractivity contribution in [2.45, 2.75) is 44.4 Å². The molecule has 90 valence electrons. The van der Waals surface area contributed by atoms with E-state index in [9.17, 15) is 0 Å². The Kier molecular flexibility index (Phi) is 4.03. The lowest BCUT2D eigenvalue weighted by atomic mass is 9.83. The predicted molar refractivity (Wildman–Crippen MR) is 68.1 cm³/mol. The lowest BCUT2D eigenvalue weighted by Crippen LogP contribution is -2.06. The van der Waals surface area contributed by atoms with Gasteiger partial charge < -0.3 is 4.74 Å². The smallest absolute Gasteiger partial charge is 0.122 e. The number of benzene rings is 1. The average molecular weight is 229 g/mol. The molecule has 17 heavy (non-hydrogen) atoms. The Bertz CT molecular complexity index is 413. The number of rotatable bonds is 3. The van der Waals surface area contributed by atoms with Crippen molar-refractivity contribution in [3.05, 3.63) is 29.3 Å². The van der Waals surface area contributed by atoms with E-state index in [-0.39, 0.29) is 0 Å². The Hall–Kier alpha value is -1.49. The van der Waals surface area contributed by atoms with E-state index in [0.717, 1.165) is 11.3 Å². The van der Waals surface area contributed by atoms with Gasteiger partial charge in [0.25, 0.3) is 0 Å². The van der Waals surface area contributed by atoms with Crippen LogP contribution in [0.15, 0.2) is 18.2 Å². The maximum absolute atomic E-state index is 8.77. The van der Waals surface area contributed by atoms with E-state index in [4.69, 9.17) is 10.00 Å². The van der Waals surface area contributed by atoms with Gasteiger partial charge >= 0.3 is 0 Å². The van der Waals surface area contributed by atoms with Crippen molar-refractivity contribution in [1.29, 1.82) is 5.26 Å². The van der Waals surface area contributed by atoms with Crippen molar-refractivity contribution < 1.29 is 4.74 Å². The van der Waals surface area contributed by atoms with Crippen molar-refractivity contribution in [1.82, 2.24) is 0 Å². The molecule has 0 spiro atoms. The summed E-state index contributed by atoms with van der Waals surface area (Å²) >= 11 is 0. The van der Waals surface area contributed by atoms with Gasteiger partial charge in [0.05, 0.1) is 19.6 Å². The van der Waals surface area contributed by atoms with E-state index < -0.39 is 0 Å². The van der Waals surface area contributed by atoms with Crippen LogP contribution in [-0.2, 0) is 6.42 Å². The molecule has 1 saturated carbocycles. The molecule has 1 aromatic rings. The van der Waals surface area contributed by atoms with Crippen molar-refractivity contribution in [3.8, 4) is 11.8 Å². The Morgan fingerprint density at radius 3 is 2.71 bits per heavy atom. The molecule has 0 unspecified atom stereocenters. The van der Waals surface area contributed by atoms with Crippen molar-refractivity contribution in [2.75, 3.05) is 7.11 Å². The molecule has 0 heterocycles. The lowest BCUT2D eigenvalue weighted by Gasteiger charge is -2.24. The third kappa shape index (κ3) is 2.79. The van der Waals surface area contributed by atoms with Crippen LogP contribution in [0.1, 0.15) is 49.1 Å². The zero-order valence-electron chi connectivity index (χ0n) is 10.4. The molecule has 2 nitrogen and oxygen atoms in total. The Morgan fingerprint density at radius 2 is 2.06 bits per heavy atom. The van der Waals surface area contributed by atoms with E-state index in [1.165, 1.54) is 37.7 Å². The van der Waals surface area contributed by atoms with Gasteiger partial charge in [-0.15, -0.1) is 0 Å². The summed E-state index contributed by atoms with van der Waals surface area (Å²) in [6.07, 6.45) is 6.99. The van der Waals surface area contributed by atoms with Gasteiger partial charge in [-0.2, -0.15) is 5.26 Å². The van der Waals surface area contributed by atoms with E-state index in [1.807, 2.05) is 12.1 Å². The first kappa shape index (κ1) is 12.0. The Labute approximate surface area is 103 Å². The summed E-state index contributed by atoms with van der Waals surface area (Å²) in [5.74, 6) is 1.61. The summed E-state index contributed by atoms with van der Waals surface area (Å²) in [6.45, 7) is 0. The average Bonchev–Trinajstić information content (AvgIpc) is 2.40. The van der Waals surface area contributed by atoms with Crippen molar-refractivity contribution >= 4 is 0 Å². The fraction of sp³-hybridized carbons (Fsp3) is 0.533. The summed E-state index contributed by atoms with van der Waals surface area (Å²) in [4.78, 5) is 0. The van der Waals surface area contributed by atoms with Gasteiger partial charge in [-0.25, -0.2) is 0 Å². The minimum Gasteiger partial charge on any atom is -0.496 e. The SMILES string of the molecule is COc1ccc(CC#N)cc1C1CCCCC1. The second kappa shape index (κ2) is 5.72. The topological polar surface area (TPSA) is 33.0 Å². The molecule has 0 aliphatic heterocycles. The zero-order valence-corrected chi connectivity index (χ0v) is 10.4. The second-order valence-electron chi connectivity index (χ2n) is 4.75. The summed E-state index contributed by atoms with van der Waals surface area (Å²) in [6, 6.07) is 8.38. The van der Waals surface area contributed by atoms with Gasteiger partial charge in [0.15, 0.2) is 0 Å². The predicted octanol–water partition coefficient (Wildman–Crippen LogP) is 3.81. The molecule has 1 aliphatic carbocycles. The van der Waals surface area contributed by atoms with Crippen molar-refractivity contribution in [3.63, 3.8) is 0 Å². The third-order valence-corrected chi connectivity index (χ3v) is 3.62. The van der Waals surface area contributed by atoms with E-state index in [0.29, 0.717) is 12.3 Å². The molecule has 0 radical (unpaired) electrons. The quantitative estimate of drug-likeness (QED) is 0.789. The van der Waals surface area contributed by atoms with Crippen LogP contribution in [0.5, 0.6) is 5.75 Å². The number of methoxy groups -OCH3 is 1. The first-order chi connectivity index (χ1) is 8.35. The lowest BCUT2D eigenvalue weighted by molar-refractivity contribution is 0.387. The Morgan fingerprint density at radius 1 is 1.29 bits per heavy atom. The molecular formula is C15H19NO. The first-order valence-electron chi connectivity index (χ1n) is 6.39. The van der Waals surface area contributed by atoms with Gasteiger partial charge in [0.2, 0.25) is 0 Å². The molecule has 1 aromatic carbocycles. The number of nitriles is 1. The highest BCUT2D eigenvalue weighted by molar-refractivity contribution is 5.40. The number of hydrogen-bond donors (Lipinski definition) is 0. The molecular weight excluding hydrogens is 210 g/mol. The minimum absolute atomic E-state index is 0.490. The molecule has 0 amide bonds. The summed E-state index contributed by atoms with van der Waals surface area (Å²) in [7, 11) is 1.73. The number of hydrogen-bond acceptors (Lipinski definition) is 2. The number of ether oxygens (including phenoxy) is 1. The summed E-state index contributed by atoms with van der Waals surface area (Å²) in [5, 5.41) is 8.77. The second-order valence-corrected chi connectivity index (χ2v) is 4.75. The van der Waals surface area contributed by atoms with Crippen LogP contribution in [0, 0.1) is 11.3 Å². The van der Waals surface area contributed by atoms with Crippen LogP contribution in [0.4, 0.5) is 0 Å². The van der Waals surface area contributed by atoms with Crippen molar-refractivity contribution in [2.24, 2.45) is 0 Å². The highest BCUT2D eigenvalue weighted by Gasteiger charge is 2.19. The van der Waals surface area contributed by atoms with Gasteiger partial charge in [-0.05, 0) is 36.0 Å². The molecule has 2 heteroatoms. The molecule has 1 aliphatic rings. The highest BCUT2D eigenvalue weighted by atomic mass is 16.5. The molecule has 0 atom stereocenters. The monoisotopic (exact) mass is 229 g/mol. The third-order valence-electron chi connectivity index (χ3n) is 3.62. The van der Waals surface area contributed by atoms with E-state index in [2.05, 4.69) is 12.1 Å². The molecule has 2 rings (SSSR count). The molecule has 1 fully saturated rings. The maximum Gasteiger partial charge on any atom is 0.122 e. The molecule has 0 bridgehead atoms. The summed E-state index contributed by atoms with van der Waals surface area (Å²) in [5.41, 5.74) is 2.41. The minimum atomic E-state index is 0.490. The fourth-order valence-electron chi connectivity index (χ4n) is 2.72. The fourth-order valence-corrected chi connectivity index (χ4v) is 2.72. The standard InChI is InChI=1S/C15H19NO/c1-17-15-8-7-12(9-10-16)11-14(15)13-5-3-2-4-6-13/h7-8,11,13H,2-6,9H2,1H3. The molecule has 0 aromatic heterocycles. The first-order valence-corrected chi connectivity index (χ1v) is 6.39. The van der Waals surface area contributed by atoms with Crippen LogP contribution < -0.4 is 4.74 Å². The van der Waals surface area contributed by atoms with E-state index in [1.54, 1.807) is 7.11 Å². The van der Waals surface area contributed by atoms with Gasteiger partial charge in [0, 0.05) is 0 Å². The highest BCUT2D eigenvalue weighted by Crippen LogP contribution is 2.37. The van der Waals surface area contributed by atoms with Gasteiger partial charge in [-0.1, -0.05) is 31.4 Å². The Balaban J connectivity index is 2.28. The summed E-state index contributed by atoms with van der Waals surface area (Å²) < 4.78 is 5.45. The normalized spacial score (nSPS) is 16.5. The van der Waals surface area contributed by atoms with Gasteiger partial charge in [-0.3, -0.25) is 0 Å². The molecule has 0 N–H and O–H groups in total. The number of nitrogens with zero attached hydrogens (tertiary/aromatic N) is 1.